The molecular formula is C14H20ClFN2. The van der Waals surface area contributed by atoms with Gasteiger partial charge in [-0.15, -0.1) is 0 Å². The summed E-state index contributed by atoms with van der Waals surface area (Å²) in [6.45, 7) is 3.19. The van der Waals surface area contributed by atoms with Crippen LogP contribution in [0.4, 0.5) is 4.39 Å². The minimum absolute atomic E-state index is 0.227. The summed E-state index contributed by atoms with van der Waals surface area (Å²) in [7, 11) is 2.06. The topological polar surface area (TPSA) is 29.3 Å². The van der Waals surface area contributed by atoms with Crippen LogP contribution in [0, 0.1) is 5.92 Å². The summed E-state index contributed by atoms with van der Waals surface area (Å²) < 4.78 is 13.8. The maximum atomic E-state index is 13.8. The first-order valence-corrected chi connectivity index (χ1v) is 6.75. The third-order valence-corrected chi connectivity index (χ3v) is 4.14. The van der Waals surface area contributed by atoms with Crippen LogP contribution in [0.1, 0.15) is 36.7 Å². The van der Waals surface area contributed by atoms with E-state index in [9.17, 15) is 4.39 Å². The van der Waals surface area contributed by atoms with Gasteiger partial charge in [-0.25, -0.2) is 4.39 Å². The molecule has 0 radical (unpaired) electrons. The number of hydrogen-bond acceptors (Lipinski definition) is 2. The summed E-state index contributed by atoms with van der Waals surface area (Å²) in [6.07, 6.45) is -0.0633. The van der Waals surface area contributed by atoms with E-state index in [1.165, 1.54) is 0 Å². The molecule has 0 saturated carbocycles. The number of rotatable bonds is 3. The van der Waals surface area contributed by atoms with Gasteiger partial charge in [0.1, 0.15) is 6.17 Å². The van der Waals surface area contributed by atoms with Gasteiger partial charge in [-0.3, -0.25) is 4.90 Å². The van der Waals surface area contributed by atoms with Crippen molar-refractivity contribution in [2.45, 2.75) is 25.6 Å². The van der Waals surface area contributed by atoms with Crippen LogP contribution in [-0.4, -0.2) is 25.0 Å². The van der Waals surface area contributed by atoms with E-state index in [0.717, 1.165) is 18.5 Å². The van der Waals surface area contributed by atoms with E-state index < -0.39 is 6.17 Å². The Labute approximate surface area is 113 Å². The first-order valence-electron chi connectivity index (χ1n) is 6.37. The van der Waals surface area contributed by atoms with Gasteiger partial charge in [-0.05, 0) is 44.5 Å². The minimum atomic E-state index is -1.04. The van der Waals surface area contributed by atoms with Crippen LogP contribution in [0.5, 0.6) is 0 Å². The predicted molar refractivity (Wildman–Crippen MR) is 73.5 cm³/mol. The molecule has 4 heteroatoms. The number of nitrogens with zero attached hydrogens (tertiary/aromatic N) is 1. The van der Waals surface area contributed by atoms with Crippen molar-refractivity contribution in [3.8, 4) is 0 Å². The molecule has 0 spiro atoms. The Morgan fingerprint density at radius 2 is 2.28 bits per heavy atom. The first kappa shape index (κ1) is 13.8. The molecular weight excluding hydrogens is 251 g/mol. The lowest BCUT2D eigenvalue weighted by Gasteiger charge is -2.23. The highest BCUT2D eigenvalue weighted by atomic mass is 35.5. The van der Waals surface area contributed by atoms with Gasteiger partial charge in [-0.1, -0.05) is 23.7 Å². The van der Waals surface area contributed by atoms with Crippen LogP contribution in [0.25, 0.3) is 0 Å². The van der Waals surface area contributed by atoms with Crippen molar-refractivity contribution in [2.24, 2.45) is 11.7 Å². The maximum Gasteiger partial charge on any atom is 0.124 e. The molecule has 2 rings (SSSR count). The Morgan fingerprint density at radius 1 is 1.56 bits per heavy atom. The molecule has 0 aliphatic carbocycles. The van der Waals surface area contributed by atoms with Gasteiger partial charge < -0.3 is 5.73 Å². The van der Waals surface area contributed by atoms with Crippen LogP contribution in [-0.2, 0) is 0 Å². The van der Waals surface area contributed by atoms with Crippen molar-refractivity contribution >= 4 is 11.6 Å². The van der Waals surface area contributed by atoms with E-state index in [2.05, 4.69) is 11.9 Å². The van der Waals surface area contributed by atoms with Gasteiger partial charge in [0.25, 0.3) is 0 Å². The maximum absolute atomic E-state index is 13.8. The number of nitrogens with two attached hydrogens (primary N) is 1. The fraction of sp³-hybridized carbons (Fsp3) is 0.571. The average molecular weight is 271 g/mol. The molecule has 0 amide bonds. The zero-order chi connectivity index (χ0) is 13.3. The SMILES string of the molecule is CC(F)c1c(Cl)cccc1C1CC(CN)CN1C. The molecule has 1 aromatic rings. The quantitative estimate of drug-likeness (QED) is 0.913. The van der Waals surface area contributed by atoms with E-state index in [1.54, 1.807) is 13.0 Å². The molecule has 0 aromatic heterocycles. The van der Waals surface area contributed by atoms with E-state index in [4.69, 9.17) is 17.3 Å². The fourth-order valence-electron chi connectivity index (χ4n) is 2.90. The summed E-state index contributed by atoms with van der Waals surface area (Å²) in [6, 6.07) is 5.86. The Bertz CT molecular complexity index is 422. The number of benzene rings is 1. The molecule has 1 aliphatic heterocycles. The smallest absolute Gasteiger partial charge is 0.124 e. The monoisotopic (exact) mass is 270 g/mol. The van der Waals surface area contributed by atoms with Crippen molar-refractivity contribution < 1.29 is 4.39 Å². The van der Waals surface area contributed by atoms with Crippen LogP contribution >= 0.6 is 11.6 Å². The number of halogens is 2. The highest BCUT2D eigenvalue weighted by Crippen LogP contribution is 2.40. The van der Waals surface area contributed by atoms with Crippen LogP contribution in [0.3, 0.4) is 0 Å². The highest BCUT2D eigenvalue weighted by molar-refractivity contribution is 6.31. The Kier molecular flexibility index (Phi) is 4.25. The summed E-state index contributed by atoms with van der Waals surface area (Å²) in [5.41, 5.74) is 7.38. The largest absolute Gasteiger partial charge is 0.330 e. The zero-order valence-electron chi connectivity index (χ0n) is 10.9. The first-order chi connectivity index (χ1) is 8.54. The number of alkyl halides is 1. The van der Waals surface area contributed by atoms with Crippen molar-refractivity contribution in [3.63, 3.8) is 0 Å². The molecule has 2 nitrogen and oxygen atoms in total. The van der Waals surface area contributed by atoms with Crippen LogP contribution in [0.2, 0.25) is 5.02 Å². The lowest BCUT2D eigenvalue weighted by atomic mass is 9.94. The normalized spacial score (nSPS) is 26.5. The van der Waals surface area contributed by atoms with Gasteiger partial charge in [0, 0.05) is 23.2 Å². The number of likely N-dealkylation sites (tertiary alicyclic amines) is 1. The van der Waals surface area contributed by atoms with E-state index in [0.29, 0.717) is 23.0 Å². The average Bonchev–Trinajstić information content (AvgIpc) is 2.69. The van der Waals surface area contributed by atoms with Gasteiger partial charge in [0.15, 0.2) is 0 Å². The van der Waals surface area contributed by atoms with Crippen molar-refractivity contribution in [3.05, 3.63) is 34.3 Å². The van der Waals surface area contributed by atoms with Gasteiger partial charge in [0.2, 0.25) is 0 Å². The molecule has 0 bridgehead atoms. The van der Waals surface area contributed by atoms with Crippen molar-refractivity contribution in [1.82, 2.24) is 4.90 Å². The summed E-state index contributed by atoms with van der Waals surface area (Å²) >= 11 is 6.14. The van der Waals surface area contributed by atoms with Crippen molar-refractivity contribution in [2.75, 3.05) is 20.1 Å². The lowest BCUT2D eigenvalue weighted by molar-refractivity contribution is 0.304. The second-order valence-electron chi connectivity index (χ2n) is 5.15. The molecule has 1 saturated heterocycles. The van der Waals surface area contributed by atoms with E-state index in [1.807, 2.05) is 12.1 Å². The molecule has 3 unspecified atom stereocenters. The Morgan fingerprint density at radius 3 is 2.83 bits per heavy atom. The molecule has 1 heterocycles. The Hall–Kier alpha value is -0.640. The molecule has 1 fully saturated rings. The van der Waals surface area contributed by atoms with Crippen LogP contribution < -0.4 is 5.73 Å². The van der Waals surface area contributed by atoms with Gasteiger partial charge in [-0.2, -0.15) is 0 Å². The van der Waals surface area contributed by atoms with E-state index in [-0.39, 0.29) is 6.04 Å². The lowest BCUT2D eigenvalue weighted by Crippen LogP contribution is -2.21. The second-order valence-corrected chi connectivity index (χ2v) is 5.56. The zero-order valence-corrected chi connectivity index (χ0v) is 11.6. The third-order valence-electron chi connectivity index (χ3n) is 3.81. The van der Waals surface area contributed by atoms with Crippen molar-refractivity contribution in [1.29, 1.82) is 0 Å². The molecule has 1 aliphatic rings. The molecule has 3 atom stereocenters. The predicted octanol–water partition coefficient (Wildman–Crippen LogP) is 3.32. The summed E-state index contributed by atoms with van der Waals surface area (Å²) in [5.74, 6) is 0.488. The van der Waals surface area contributed by atoms with Gasteiger partial charge in [0.05, 0.1) is 0 Å². The summed E-state index contributed by atoms with van der Waals surface area (Å²) in [4.78, 5) is 2.25. The molecule has 1 aromatic carbocycles. The highest BCUT2D eigenvalue weighted by Gasteiger charge is 2.32. The van der Waals surface area contributed by atoms with Gasteiger partial charge >= 0.3 is 0 Å². The van der Waals surface area contributed by atoms with Crippen LogP contribution in [0.15, 0.2) is 18.2 Å². The molecule has 2 N–H and O–H groups in total. The number of hydrogen-bond donors (Lipinski definition) is 1. The second kappa shape index (κ2) is 5.55. The molecule has 18 heavy (non-hydrogen) atoms. The minimum Gasteiger partial charge on any atom is -0.330 e. The molecule has 100 valence electrons. The Balaban J connectivity index is 2.36. The standard InChI is InChI=1S/C14H20ClFN2/c1-9(16)14-11(4-3-5-12(14)15)13-6-10(7-17)8-18(13)2/h3-5,9-10,13H,6-8,17H2,1-2H3. The fourth-order valence-corrected chi connectivity index (χ4v) is 3.24. The summed E-state index contributed by atoms with van der Waals surface area (Å²) in [5, 5.41) is 0.520. The third kappa shape index (κ3) is 2.53. The van der Waals surface area contributed by atoms with E-state index >= 15 is 0 Å².